The molecule has 2 aromatic rings. The number of aromatic nitrogens is 1. The molecule has 2 rings (SSSR count). The van der Waals surface area contributed by atoms with Gasteiger partial charge in [-0.15, -0.1) is 11.3 Å². The van der Waals surface area contributed by atoms with Gasteiger partial charge >= 0.3 is 0 Å². The molecule has 0 aliphatic heterocycles. The minimum Gasteiger partial charge on any atom is -0.496 e. The average Bonchev–Trinajstić information content (AvgIpc) is 2.95. The number of amides is 1. The molecule has 5 nitrogen and oxygen atoms in total. The molecular formula is C15H18N2O3S. The number of benzene rings is 1. The standard InChI is InChI=1S/C15H18N2O3S/c1-9(2)16-14(19)11-8-21-15(17-11)13(18)10-6-4-5-7-12(10)20-3/h4-9,13,18H,1-3H3,(H,16,19). The highest BCUT2D eigenvalue weighted by atomic mass is 32.1. The van der Waals surface area contributed by atoms with Crippen LogP contribution in [0.1, 0.15) is 41.0 Å². The quantitative estimate of drug-likeness (QED) is 0.889. The molecule has 0 aliphatic rings. The van der Waals surface area contributed by atoms with Gasteiger partial charge in [-0.1, -0.05) is 18.2 Å². The Morgan fingerprint density at radius 2 is 2.10 bits per heavy atom. The molecule has 0 radical (unpaired) electrons. The Morgan fingerprint density at radius 1 is 1.38 bits per heavy atom. The van der Waals surface area contributed by atoms with E-state index in [0.717, 1.165) is 0 Å². The fourth-order valence-electron chi connectivity index (χ4n) is 1.88. The van der Waals surface area contributed by atoms with Crippen LogP contribution in [0.5, 0.6) is 5.75 Å². The van der Waals surface area contributed by atoms with Gasteiger partial charge in [-0.05, 0) is 19.9 Å². The zero-order valence-corrected chi connectivity index (χ0v) is 13.0. The third-order valence-electron chi connectivity index (χ3n) is 2.84. The summed E-state index contributed by atoms with van der Waals surface area (Å²) in [6.07, 6.45) is -0.910. The average molecular weight is 306 g/mol. The number of rotatable bonds is 5. The number of thiazole rings is 1. The summed E-state index contributed by atoms with van der Waals surface area (Å²) in [7, 11) is 1.55. The number of aliphatic hydroxyl groups excluding tert-OH is 1. The van der Waals surface area contributed by atoms with E-state index in [2.05, 4.69) is 10.3 Å². The van der Waals surface area contributed by atoms with Crippen LogP contribution >= 0.6 is 11.3 Å². The predicted octanol–water partition coefficient (Wildman–Crippen LogP) is 2.37. The van der Waals surface area contributed by atoms with E-state index in [-0.39, 0.29) is 11.9 Å². The first-order valence-corrected chi connectivity index (χ1v) is 7.48. The number of para-hydroxylation sites is 1. The summed E-state index contributed by atoms with van der Waals surface area (Å²) >= 11 is 1.25. The van der Waals surface area contributed by atoms with Crippen LogP contribution in [0.25, 0.3) is 0 Å². The Balaban J connectivity index is 2.23. The number of carbonyl (C=O) groups is 1. The van der Waals surface area contributed by atoms with Crippen LogP contribution in [0.15, 0.2) is 29.6 Å². The maximum Gasteiger partial charge on any atom is 0.270 e. The van der Waals surface area contributed by atoms with Crippen molar-refractivity contribution in [3.05, 3.63) is 45.9 Å². The summed E-state index contributed by atoms with van der Waals surface area (Å²) in [6, 6.07) is 7.25. The maximum absolute atomic E-state index is 11.9. The Labute approximate surface area is 127 Å². The van der Waals surface area contributed by atoms with Gasteiger partial charge in [0.25, 0.3) is 5.91 Å². The van der Waals surface area contributed by atoms with Gasteiger partial charge < -0.3 is 15.2 Å². The van der Waals surface area contributed by atoms with Crippen molar-refractivity contribution in [2.75, 3.05) is 7.11 Å². The van der Waals surface area contributed by atoms with E-state index < -0.39 is 6.10 Å². The Bertz CT molecular complexity index is 625. The van der Waals surface area contributed by atoms with Gasteiger partial charge in [0.2, 0.25) is 0 Å². The van der Waals surface area contributed by atoms with E-state index in [1.807, 2.05) is 26.0 Å². The molecular weight excluding hydrogens is 288 g/mol. The van der Waals surface area contributed by atoms with Crippen LogP contribution in [-0.4, -0.2) is 29.1 Å². The number of nitrogens with zero attached hydrogens (tertiary/aromatic N) is 1. The molecule has 0 spiro atoms. The molecule has 0 saturated carbocycles. The van der Waals surface area contributed by atoms with Crippen LogP contribution in [0, 0.1) is 0 Å². The van der Waals surface area contributed by atoms with Crippen molar-refractivity contribution in [2.45, 2.75) is 26.0 Å². The molecule has 112 valence electrons. The zero-order valence-electron chi connectivity index (χ0n) is 12.2. The molecule has 1 atom stereocenters. The lowest BCUT2D eigenvalue weighted by atomic mass is 10.1. The summed E-state index contributed by atoms with van der Waals surface area (Å²) in [6.45, 7) is 3.77. The molecule has 1 heterocycles. The summed E-state index contributed by atoms with van der Waals surface area (Å²) in [5.74, 6) is 0.355. The number of aliphatic hydroxyl groups is 1. The van der Waals surface area contributed by atoms with Gasteiger partial charge in [0.1, 0.15) is 22.6 Å². The Morgan fingerprint density at radius 3 is 2.76 bits per heavy atom. The van der Waals surface area contributed by atoms with Crippen molar-refractivity contribution >= 4 is 17.2 Å². The van der Waals surface area contributed by atoms with Crippen molar-refractivity contribution in [1.82, 2.24) is 10.3 Å². The van der Waals surface area contributed by atoms with E-state index in [1.54, 1.807) is 24.6 Å². The van der Waals surface area contributed by atoms with E-state index in [4.69, 9.17) is 4.74 Å². The molecule has 1 aromatic carbocycles. The van der Waals surface area contributed by atoms with E-state index >= 15 is 0 Å². The second-order valence-corrected chi connectivity index (χ2v) is 5.73. The van der Waals surface area contributed by atoms with Crippen LogP contribution < -0.4 is 10.1 Å². The lowest BCUT2D eigenvalue weighted by Crippen LogP contribution is -2.30. The molecule has 0 saturated heterocycles. The van der Waals surface area contributed by atoms with Gasteiger partial charge in [-0.3, -0.25) is 4.79 Å². The zero-order chi connectivity index (χ0) is 15.4. The monoisotopic (exact) mass is 306 g/mol. The molecule has 1 aromatic heterocycles. The largest absolute Gasteiger partial charge is 0.496 e. The second kappa shape index (κ2) is 6.69. The third kappa shape index (κ3) is 3.59. The number of carbonyl (C=O) groups excluding carboxylic acids is 1. The van der Waals surface area contributed by atoms with Crippen molar-refractivity contribution in [3.8, 4) is 5.75 Å². The lowest BCUT2D eigenvalue weighted by molar-refractivity contribution is 0.0938. The predicted molar refractivity (Wildman–Crippen MR) is 81.8 cm³/mol. The summed E-state index contributed by atoms with van der Waals surface area (Å²) in [5.41, 5.74) is 0.947. The first-order chi connectivity index (χ1) is 10.0. The third-order valence-corrected chi connectivity index (χ3v) is 3.74. The topological polar surface area (TPSA) is 71.5 Å². The highest BCUT2D eigenvalue weighted by molar-refractivity contribution is 7.09. The fourth-order valence-corrected chi connectivity index (χ4v) is 2.68. The van der Waals surface area contributed by atoms with Gasteiger partial charge in [0.15, 0.2) is 0 Å². The number of methoxy groups -OCH3 is 1. The molecule has 1 amide bonds. The molecule has 21 heavy (non-hydrogen) atoms. The van der Waals surface area contributed by atoms with Crippen molar-refractivity contribution in [3.63, 3.8) is 0 Å². The highest BCUT2D eigenvalue weighted by Gasteiger charge is 2.20. The van der Waals surface area contributed by atoms with Crippen LogP contribution in [0.2, 0.25) is 0 Å². The molecule has 1 unspecified atom stereocenters. The Kier molecular flexibility index (Phi) is 4.93. The summed E-state index contributed by atoms with van der Waals surface area (Å²) in [4.78, 5) is 16.1. The first-order valence-electron chi connectivity index (χ1n) is 6.60. The SMILES string of the molecule is COc1ccccc1C(O)c1nc(C(=O)NC(C)C)cs1. The number of nitrogens with one attached hydrogen (secondary N) is 1. The molecule has 6 heteroatoms. The maximum atomic E-state index is 11.9. The number of hydrogen-bond acceptors (Lipinski definition) is 5. The Hall–Kier alpha value is -1.92. The van der Waals surface area contributed by atoms with Gasteiger partial charge in [0, 0.05) is 17.0 Å². The second-order valence-electron chi connectivity index (χ2n) is 4.84. The van der Waals surface area contributed by atoms with Gasteiger partial charge in [0.05, 0.1) is 7.11 Å². The summed E-state index contributed by atoms with van der Waals surface area (Å²) < 4.78 is 5.23. The number of ether oxygens (including phenoxy) is 1. The minimum absolute atomic E-state index is 0.0433. The van der Waals surface area contributed by atoms with E-state index in [9.17, 15) is 9.90 Å². The van der Waals surface area contributed by atoms with E-state index in [1.165, 1.54) is 11.3 Å². The van der Waals surface area contributed by atoms with E-state index in [0.29, 0.717) is 22.0 Å². The first kappa shape index (κ1) is 15.5. The fraction of sp³-hybridized carbons (Fsp3) is 0.333. The molecule has 2 N–H and O–H groups in total. The molecule has 0 fully saturated rings. The normalized spacial score (nSPS) is 12.2. The van der Waals surface area contributed by atoms with Crippen LogP contribution in [0.4, 0.5) is 0 Å². The van der Waals surface area contributed by atoms with Crippen LogP contribution in [0.3, 0.4) is 0 Å². The van der Waals surface area contributed by atoms with Crippen molar-refractivity contribution in [1.29, 1.82) is 0 Å². The summed E-state index contributed by atoms with van der Waals surface area (Å²) in [5, 5.41) is 15.3. The van der Waals surface area contributed by atoms with Gasteiger partial charge in [-0.2, -0.15) is 0 Å². The smallest absolute Gasteiger partial charge is 0.270 e. The minimum atomic E-state index is -0.910. The van der Waals surface area contributed by atoms with Crippen molar-refractivity contribution in [2.24, 2.45) is 0 Å². The highest BCUT2D eigenvalue weighted by Crippen LogP contribution is 2.31. The lowest BCUT2D eigenvalue weighted by Gasteiger charge is -2.12. The van der Waals surface area contributed by atoms with Crippen LogP contribution in [-0.2, 0) is 0 Å². The van der Waals surface area contributed by atoms with Crippen molar-refractivity contribution < 1.29 is 14.6 Å². The molecule has 0 aliphatic carbocycles. The number of hydrogen-bond donors (Lipinski definition) is 2. The van der Waals surface area contributed by atoms with Gasteiger partial charge in [-0.25, -0.2) is 4.98 Å². The molecule has 0 bridgehead atoms.